The second-order valence-electron chi connectivity index (χ2n) is 8.89. The normalized spacial score (nSPS) is 13.1. The number of nitrogens with one attached hydrogen (secondary N) is 2. The third-order valence-electron chi connectivity index (χ3n) is 5.76. The number of hydrogen-bond acceptors (Lipinski definition) is 7. The Bertz CT molecular complexity index is 1470. The number of fused-ring (bicyclic) bond motifs is 1. The molecule has 4 N–H and O–H groups in total. The van der Waals surface area contributed by atoms with Crippen LogP contribution in [0.3, 0.4) is 0 Å². The molecule has 40 heavy (non-hydrogen) atoms. The number of carbonyl (C=O) groups excluding carboxylic acids is 2. The van der Waals surface area contributed by atoms with E-state index in [2.05, 4.69) is 20.6 Å². The molecule has 0 saturated carbocycles. The number of nitrogens with zero attached hydrogens (tertiary/aromatic N) is 2. The maximum atomic E-state index is 12.5. The molecule has 0 spiro atoms. The molecule has 0 bridgehead atoms. The molecule has 9 heteroatoms. The molecule has 0 radical (unpaired) electrons. The Kier molecular flexibility index (Phi) is 10.4. The summed E-state index contributed by atoms with van der Waals surface area (Å²) in [5.74, 6) is -0.801. The zero-order chi connectivity index (χ0) is 28.2. The van der Waals surface area contributed by atoms with Gasteiger partial charge in [-0.3, -0.25) is 14.6 Å². The minimum atomic E-state index is -0.784. The Labute approximate surface area is 237 Å². The molecule has 0 aliphatic heterocycles. The Morgan fingerprint density at radius 1 is 1.00 bits per heavy atom. The quantitative estimate of drug-likeness (QED) is 0.0833. The van der Waals surface area contributed by atoms with Crippen LogP contribution in [0.5, 0.6) is 0 Å². The molecule has 8 nitrogen and oxygen atoms in total. The van der Waals surface area contributed by atoms with E-state index in [4.69, 9.17) is 10.5 Å². The van der Waals surface area contributed by atoms with Gasteiger partial charge in [-0.2, -0.15) is 0 Å². The SMILES string of the molecule is CC(N=C(Nc1cccc2cccnc12)SCOC(=O)[C@@H](N)Cc1ccccc1)NC(=O)/C=C/c1ccccc1. The Hall–Kier alpha value is -4.47. The number of anilines is 1. The molecule has 1 aromatic heterocycles. The topological polar surface area (TPSA) is 119 Å². The van der Waals surface area contributed by atoms with Crippen molar-refractivity contribution >= 4 is 51.5 Å². The monoisotopic (exact) mass is 553 g/mol. The molecule has 0 saturated heterocycles. The molecule has 204 valence electrons. The van der Waals surface area contributed by atoms with Crippen molar-refractivity contribution < 1.29 is 14.3 Å². The number of para-hydroxylation sites is 1. The summed E-state index contributed by atoms with van der Waals surface area (Å²) < 4.78 is 5.45. The van der Waals surface area contributed by atoms with Crippen LogP contribution in [0.1, 0.15) is 18.1 Å². The van der Waals surface area contributed by atoms with Crippen LogP contribution < -0.4 is 16.4 Å². The van der Waals surface area contributed by atoms with Crippen LogP contribution in [0.25, 0.3) is 17.0 Å². The van der Waals surface area contributed by atoms with E-state index < -0.39 is 18.2 Å². The van der Waals surface area contributed by atoms with Gasteiger partial charge in [0.1, 0.15) is 18.1 Å². The third-order valence-corrected chi connectivity index (χ3v) is 6.48. The molecule has 1 unspecified atom stereocenters. The number of aromatic nitrogens is 1. The lowest BCUT2D eigenvalue weighted by Gasteiger charge is -2.16. The first-order valence-corrected chi connectivity index (χ1v) is 13.8. The number of amidine groups is 1. The van der Waals surface area contributed by atoms with Crippen molar-refractivity contribution in [3.05, 3.63) is 114 Å². The predicted octanol–water partition coefficient (Wildman–Crippen LogP) is 4.98. The fraction of sp³-hybridized carbons (Fsp3) is 0.161. The summed E-state index contributed by atoms with van der Waals surface area (Å²) in [4.78, 5) is 34.1. The third kappa shape index (κ3) is 8.79. The highest BCUT2D eigenvalue weighted by Crippen LogP contribution is 2.22. The first kappa shape index (κ1) is 28.5. The molecule has 4 aromatic rings. The molecule has 3 aromatic carbocycles. The highest BCUT2D eigenvalue weighted by atomic mass is 32.2. The molecule has 1 heterocycles. The Balaban J connectivity index is 1.42. The zero-order valence-electron chi connectivity index (χ0n) is 22.1. The molecule has 2 atom stereocenters. The van der Waals surface area contributed by atoms with Crippen molar-refractivity contribution in [1.82, 2.24) is 10.3 Å². The number of thioether (sulfide) groups is 1. The van der Waals surface area contributed by atoms with E-state index >= 15 is 0 Å². The van der Waals surface area contributed by atoms with Crippen LogP contribution in [-0.4, -0.2) is 40.2 Å². The van der Waals surface area contributed by atoms with Crippen molar-refractivity contribution in [2.75, 3.05) is 11.3 Å². The summed E-state index contributed by atoms with van der Waals surface area (Å²) in [6, 6.07) is 27.9. The average molecular weight is 554 g/mol. The van der Waals surface area contributed by atoms with E-state index in [0.29, 0.717) is 11.6 Å². The number of ether oxygens (including phenoxy) is 1. The lowest BCUT2D eigenvalue weighted by atomic mass is 10.1. The van der Waals surface area contributed by atoms with Crippen LogP contribution in [-0.2, 0) is 20.7 Å². The fourth-order valence-electron chi connectivity index (χ4n) is 3.83. The van der Waals surface area contributed by atoms with Crippen LogP contribution in [0, 0.1) is 0 Å². The molecule has 1 amide bonds. The van der Waals surface area contributed by atoms with E-state index in [9.17, 15) is 9.59 Å². The van der Waals surface area contributed by atoms with Gasteiger partial charge in [0.15, 0.2) is 5.17 Å². The summed E-state index contributed by atoms with van der Waals surface area (Å²) in [5, 5.41) is 7.53. The second kappa shape index (κ2) is 14.6. The number of amides is 1. The van der Waals surface area contributed by atoms with Crippen molar-refractivity contribution in [3.63, 3.8) is 0 Å². The average Bonchev–Trinajstić information content (AvgIpc) is 2.97. The van der Waals surface area contributed by atoms with Crippen molar-refractivity contribution in [3.8, 4) is 0 Å². The number of nitrogens with two attached hydrogens (primary N) is 1. The first-order valence-electron chi connectivity index (χ1n) is 12.8. The summed E-state index contributed by atoms with van der Waals surface area (Å²) in [7, 11) is 0. The van der Waals surface area contributed by atoms with Gasteiger partial charge in [-0.05, 0) is 54.4 Å². The van der Waals surface area contributed by atoms with E-state index in [-0.39, 0.29) is 11.8 Å². The first-order chi connectivity index (χ1) is 19.5. The molecule has 4 rings (SSSR count). The number of esters is 1. The van der Waals surface area contributed by atoms with E-state index in [0.717, 1.165) is 27.7 Å². The van der Waals surface area contributed by atoms with Crippen LogP contribution in [0.15, 0.2) is 108 Å². The van der Waals surface area contributed by atoms with E-state index in [1.54, 1.807) is 19.2 Å². The van der Waals surface area contributed by atoms with Gasteiger partial charge in [0, 0.05) is 17.7 Å². The molecular weight excluding hydrogens is 522 g/mol. The number of hydrogen-bond donors (Lipinski definition) is 3. The highest BCUT2D eigenvalue weighted by Gasteiger charge is 2.17. The second-order valence-corrected chi connectivity index (χ2v) is 9.80. The number of pyridine rings is 1. The van der Waals surface area contributed by atoms with Gasteiger partial charge in [-0.15, -0.1) is 0 Å². The fourth-order valence-corrected chi connectivity index (χ4v) is 4.53. The lowest BCUT2D eigenvalue weighted by Crippen LogP contribution is -2.34. The van der Waals surface area contributed by atoms with Crippen molar-refractivity contribution in [1.29, 1.82) is 0 Å². The van der Waals surface area contributed by atoms with Crippen molar-refractivity contribution in [2.24, 2.45) is 10.7 Å². The summed E-state index contributed by atoms with van der Waals surface area (Å²) in [5.41, 5.74) is 9.44. The van der Waals surface area contributed by atoms with Gasteiger partial charge in [-0.1, -0.05) is 78.9 Å². The van der Waals surface area contributed by atoms with Crippen LogP contribution in [0.2, 0.25) is 0 Å². The Morgan fingerprint density at radius 2 is 1.73 bits per heavy atom. The van der Waals surface area contributed by atoms with E-state index in [1.807, 2.05) is 91.0 Å². The highest BCUT2D eigenvalue weighted by molar-refractivity contribution is 8.14. The van der Waals surface area contributed by atoms with Gasteiger partial charge < -0.3 is 21.1 Å². The summed E-state index contributed by atoms with van der Waals surface area (Å²) in [6.07, 6.45) is 4.73. The minimum absolute atomic E-state index is 0.0140. The van der Waals surface area contributed by atoms with Crippen LogP contribution >= 0.6 is 11.8 Å². The van der Waals surface area contributed by atoms with Gasteiger partial charge in [0.25, 0.3) is 0 Å². The van der Waals surface area contributed by atoms with Crippen LogP contribution in [0.4, 0.5) is 5.69 Å². The van der Waals surface area contributed by atoms with Gasteiger partial charge in [0.05, 0.1) is 11.2 Å². The van der Waals surface area contributed by atoms with Gasteiger partial charge >= 0.3 is 5.97 Å². The van der Waals surface area contributed by atoms with Crippen molar-refractivity contribution in [2.45, 2.75) is 25.6 Å². The minimum Gasteiger partial charge on any atom is -0.453 e. The lowest BCUT2D eigenvalue weighted by molar-refractivity contribution is -0.142. The zero-order valence-corrected chi connectivity index (χ0v) is 22.9. The number of carbonyl (C=O) groups is 2. The standard InChI is InChI=1S/C31H31N5O3S/c1-22(34-28(37)18-17-23-10-4-2-5-11-23)35-31(36-27-16-8-14-25-15-9-19-33-29(25)27)40-21-39-30(38)26(32)20-24-12-6-3-7-13-24/h2-19,22,26H,20-21,32H2,1H3,(H,34,37)(H,35,36)/b18-17+/t22?,26-/m0/s1. The smallest absolute Gasteiger partial charge is 0.324 e. The van der Waals surface area contributed by atoms with Gasteiger partial charge in [-0.25, -0.2) is 4.99 Å². The van der Waals surface area contributed by atoms with Gasteiger partial charge in [0.2, 0.25) is 5.91 Å². The summed E-state index contributed by atoms with van der Waals surface area (Å²) >= 11 is 1.19. The summed E-state index contributed by atoms with van der Waals surface area (Å²) in [6.45, 7) is 1.76. The molecular formula is C31H31N5O3S. The Morgan fingerprint density at radius 3 is 2.50 bits per heavy atom. The maximum Gasteiger partial charge on any atom is 0.324 e. The maximum absolute atomic E-state index is 12.5. The number of aliphatic imine (C=N–C) groups is 1. The van der Waals surface area contributed by atoms with E-state index in [1.165, 1.54) is 17.8 Å². The molecule has 0 aliphatic carbocycles. The molecule has 0 fully saturated rings. The predicted molar refractivity (Wildman–Crippen MR) is 163 cm³/mol. The largest absolute Gasteiger partial charge is 0.453 e. The number of rotatable bonds is 10. The molecule has 0 aliphatic rings. The number of benzene rings is 3.